The Labute approximate surface area is 279 Å². The number of hydrogen-bond donors (Lipinski definition) is 1. The molecule has 7 nitrogen and oxygen atoms in total. The van der Waals surface area contributed by atoms with Gasteiger partial charge in [0.25, 0.3) is 0 Å². The van der Waals surface area contributed by atoms with Crippen LogP contribution >= 0.6 is 0 Å². The summed E-state index contributed by atoms with van der Waals surface area (Å²) in [5, 5.41) is -1.64. The molecule has 0 bridgehead atoms. The van der Waals surface area contributed by atoms with Crippen molar-refractivity contribution < 1.29 is 31.5 Å². The fourth-order valence-corrected chi connectivity index (χ4v) is 7.62. The van der Waals surface area contributed by atoms with Crippen molar-refractivity contribution in [3.05, 3.63) is 126 Å². The SMILES string of the molecule is COc1ccc(C(=O)C(CC[C@@H](O[Si](C)(C)C(C)(C)C)c2ccc(F)cc2)S(=O)(=O)Nc2ccccc2)c(OCc2ccccc2)c1. The number of halogens is 1. The van der Waals surface area contributed by atoms with Gasteiger partial charge in [0.2, 0.25) is 10.0 Å². The predicted octanol–water partition coefficient (Wildman–Crippen LogP) is 8.95. The van der Waals surface area contributed by atoms with Crippen LogP contribution in [-0.4, -0.2) is 34.9 Å². The van der Waals surface area contributed by atoms with Gasteiger partial charge < -0.3 is 13.9 Å². The van der Waals surface area contributed by atoms with Crippen LogP contribution in [0.15, 0.2) is 103 Å². The number of carbonyl (C=O) groups excluding carboxylic acids is 1. The topological polar surface area (TPSA) is 90.9 Å². The highest BCUT2D eigenvalue weighted by molar-refractivity contribution is 7.94. The van der Waals surface area contributed by atoms with Gasteiger partial charge in [-0.3, -0.25) is 9.52 Å². The molecule has 0 fully saturated rings. The van der Waals surface area contributed by atoms with Crippen LogP contribution < -0.4 is 14.2 Å². The highest BCUT2D eigenvalue weighted by atomic mass is 32.2. The van der Waals surface area contributed by atoms with E-state index in [1.807, 2.05) is 30.3 Å². The number of anilines is 1. The molecule has 250 valence electrons. The molecular weight excluding hydrogens is 634 g/mol. The summed E-state index contributed by atoms with van der Waals surface area (Å²) in [6.07, 6.45) is -0.439. The Morgan fingerprint density at radius 3 is 2.09 bits per heavy atom. The van der Waals surface area contributed by atoms with Crippen LogP contribution in [0, 0.1) is 5.82 Å². The minimum atomic E-state index is -4.27. The van der Waals surface area contributed by atoms with Crippen molar-refractivity contribution in [2.24, 2.45) is 0 Å². The molecule has 47 heavy (non-hydrogen) atoms. The van der Waals surface area contributed by atoms with E-state index in [1.165, 1.54) is 25.3 Å². The van der Waals surface area contributed by atoms with Crippen LogP contribution in [0.2, 0.25) is 18.1 Å². The lowest BCUT2D eigenvalue weighted by atomic mass is 9.99. The molecule has 0 saturated heterocycles. The first-order valence-electron chi connectivity index (χ1n) is 15.6. The normalized spacial score (nSPS) is 13.4. The van der Waals surface area contributed by atoms with Gasteiger partial charge in [-0.2, -0.15) is 0 Å². The molecule has 0 amide bonds. The second kappa shape index (κ2) is 15.3. The number of ketones is 1. The highest BCUT2D eigenvalue weighted by Crippen LogP contribution is 2.41. The molecule has 0 spiro atoms. The number of para-hydroxylation sites is 1. The molecule has 10 heteroatoms. The maximum atomic E-state index is 14.4. The van der Waals surface area contributed by atoms with Gasteiger partial charge in [-0.05, 0) is 78.5 Å². The van der Waals surface area contributed by atoms with Gasteiger partial charge in [0.15, 0.2) is 14.1 Å². The van der Waals surface area contributed by atoms with Crippen molar-refractivity contribution in [3.63, 3.8) is 0 Å². The lowest BCUT2D eigenvalue weighted by molar-refractivity contribution is 0.0970. The Hall–Kier alpha value is -3.99. The second-order valence-corrected chi connectivity index (χ2v) is 19.6. The first-order chi connectivity index (χ1) is 22.2. The largest absolute Gasteiger partial charge is 0.497 e. The summed E-state index contributed by atoms with van der Waals surface area (Å²) in [6, 6.07) is 28.7. The molecule has 0 aromatic heterocycles. The van der Waals surface area contributed by atoms with E-state index in [2.05, 4.69) is 38.6 Å². The molecule has 0 radical (unpaired) electrons. The van der Waals surface area contributed by atoms with Crippen LogP contribution in [0.5, 0.6) is 11.5 Å². The lowest BCUT2D eigenvalue weighted by Gasteiger charge is -2.39. The molecule has 0 aliphatic carbocycles. The van der Waals surface area contributed by atoms with E-state index in [0.717, 1.165) is 5.56 Å². The van der Waals surface area contributed by atoms with Gasteiger partial charge in [0.1, 0.15) is 29.2 Å². The second-order valence-electron chi connectivity index (χ2n) is 13.0. The van der Waals surface area contributed by atoms with Gasteiger partial charge in [0.05, 0.1) is 18.8 Å². The first-order valence-corrected chi connectivity index (χ1v) is 20.0. The number of nitrogens with one attached hydrogen (secondary N) is 1. The van der Waals surface area contributed by atoms with Gasteiger partial charge >= 0.3 is 0 Å². The van der Waals surface area contributed by atoms with Crippen molar-refractivity contribution in [1.82, 2.24) is 0 Å². The number of rotatable bonds is 15. The zero-order valence-electron chi connectivity index (χ0n) is 27.8. The van der Waals surface area contributed by atoms with Crippen LogP contribution in [0.1, 0.15) is 61.2 Å². The quantitative estimate of drug-likeness (QED) is 0.0998. The third kappa shape index (κ3) is 9.53. The third-order valence-electron chi connectivity index (χ3n) is 8.57. The van der Waals surface area contributed by atoms with Crippen molar-refractivity contribution >= 4 is 29.8 Å². The van der Waals surface area contributed by atoms with Crippen molar-refractivity contribution in [1.29, 1.82) is 0 Å². The van der Waals surface area contributed by atoms with Crippen LogP contribution in [0.25, 0.3) is 0 Å². The third-order valence-corrected chi connectivity index (χ3v) is 14.8. The first kappa shape index (κ1) is 35.9. The number of hydrogen-bond acceptors (Lipinski definition) is 6. The van der Waals surface area contributed by atoms with Crippen LogP contribution in [0.4, 0.5) is 10.1 Å². The van der Waals surface area contributed by atoms with E-state index >= 15 is 0 Å². The van der Waals surface area contributed by atoms with Crippen molar-refractivity contribution in [2.75, 3.05) is 11.8 Å². The fraction of sp³-hybridized carbons (Fsp3) is 0.324. The fourth-order valence-electron chi connectivity index (χ4n) is 4.84. The molecule has 0 heterocycles. The molecule has 0 saturated carbocycles. The lowest BCUT2D eigenvalue weighted by Crippen LogP contribution is -2.42. The van der Waals surface area contributed by atoms with Gasteiger partial charge in [-0.15, -0.1) is 0 Å². The number of ether oxygens (including phenoxy) is 2. The summed E-state index contributed by atoms with van der Waals surface area (Å²) in [5.41, 5.74) is 2.06. The zero-order chi connectivity index (χ0) is 34.2. The Bertz CT molecular complexity index is 1730. The van der Waals surface area contributed by atoms with E-state index in [0.29, 0.717) is 17.0 Å². The van der Waals surface area contributed by atoms with E-state index in [9.17, 15) is 17.6 Å². The number of sulfonamides is 1. The molecule has 4 aromatic carbocycles. The van der Waals surface area contributed by atoms with E-state index < -0.39 is 35.5 Å². The summed E-state index contributed by atoms with van der Waals surface area (Å²) >= 11 is 0. The average molecular weight is 678 g/mol. The maximum absolute atomic E-state index is 14.4. The number of methoxy groups -OCH3 is 1. The Morgan fingerprint density at radius 2 is 1.49 bits per heavy atom. The molecule has 1 unspecified atom stereocenters. The van der Waals surface area contributed by atoms with E-state index in [1.54, 1.807) is 54.6 Å². The number of Topliss-reactive ketones (excluding diaryl/α,β-unsaturated/α-hetero) is 1. The summed E-state index contributed by atoms with van der Waals surface area (Å²) in [6.45, 7) is 10.7. The molecule has 0 aliphatic rings. The van der Waals surface area contributed by atoms with Crippen LogP contribution in [-0.2, 0) is 21.1 Å². The molecular formula is C37H44FNO6SSi. The number of carbonyl (C=O) groups is 1. The summed E-state index contributed by atoms with van der Waals surface area (Å²) in [7, 11) is -5.14. The Kier molecular flexibility index (Phi) is 11.7. The van der Waals surface area contributed by atoms with Crippen molar-refractivity contribution in [3.8, 4) is 11.5 Å². The standard InChI is InChI=1S/C37H44FNO6SSi/c1-37(2,3)47(5,6)45-33(28-17-19-29(38)20-18-28)23-24-35(46(41,42)39-30-15-11-8-12-16-30)36(40)32-22-21-31(43-4)25-34(32)44-26-27-13-9-7-10-14-27/h7-22,25,33,35,39H,23-24,26H2,1-6H3/t33-,35?/m1/s1. The zero-order valence-corrected chi connectivity index (χ0v) is 29.6. The molecule has 4 rings (SSSR count). The average Bonchev–Trinajstić information content (AvgIpc) is 3.03. The molecule has 0 aliphatic heterocycles. The van der Waals surface area contributed by atoms with E-state index in [-0.39, 0.29) is 41.6 Å². The Balaban J connectivity index is 1.73. The predicted molar refractivity (Wildman–Crippen MR) is 188 cm³/mol. The smallest absolute Gasteiger partial charge is 0.243 e. The summed E-state index contributed by atoms with van der Waals surface area (Å²) < 4.78 is 63.0. The van der Waals surface area contributed by atoms with Gasteiger partial charge in [-0.1, -0.05) is 81.4 Å². The Morgan fingerprint density at radius 1 is 0.872 bits per heavy atom. The van der Waals surface area contributed by atoms with Gasteiger partial charge in [0, 0.05) is 11.8 Å². The molecule has 1 N–H and O–H groups in total. The minimum Gasteiger partial charge on any atom is -0.497 e. The minimum absolute atomic E-state index is 0.0676. The monoisotopic (exact) mass is 677 g/mol. The van der Waals surface area contributed by atoms with E-state index in [4.69, 9.17) is 13.9 Å². The highest BCUT2D eigenvalue weighted by Gasteiger charge is 2.41. The summed E-state index contributed by atoms with van der Waals surface area (Å²) in [4.78, 5) is 14.4. The van der Waals surface area contributed by atoms with Crippen LogP contribution in [0.3, 0.4) is 0 Å². The molecule has 4 aromatic rings. The molecule has 2 atom stereocenters. The van der Waals surface area contributed by atoms with Crippen molar-refractivity contribution in [2.45, 2.75) is 69.7 Å². The summed E-state index contributed by atoms with van der Waals surface area (Å²) in [5.74, 6) is -0.328. The number of benzene rings is 4. The van der Waals surface area contributed by atoms with Gasteiger partial charge in [-0.25, -0.2) is 12.8 Å². The maximum Gasteiger partial charge on any atom is 0.243 e.